The summed E-state index contributed by atoms with van der Waals surface area (Å²) in [6.07, 6.45) is 2.59. The Kier molecular flexibility index (Phi) is 7.38. The lowest BCUT2D eigenvalue weighted by atomic mass is 10.1. The Bertz CT molecular complexity index is 431. The standard InChI is InChI=1S/C20H35N3/c1-17(2)6-5-11-21-16-19-7-9-20(10-8-19)23-14-12-22(13-15-23)18(3)4/h7-10,17-18,21H,5-6,11-16H2,1-4H3. The molecule has 1 N–H and O–H groups in total. The van der Waals surface area contributed by atoms with Gasteiger partial charge in [0.2, 0.25) is 0 Å². The van der Waals surface area contributed by atoms with Crippen LogP contribution in [0.5, 0.6) is 0 Å². The summed E-state index contributed by atoms with van der Waals surface area (Å²) in [6, 6.07) is 9.80. The van der Waals surface area contributed by atoms with Gasteiger partial charge in [0.15, 0.2) is 0 Å². The highest BCUT2D eigenvalue weighted by molar-refractivity contribution is 5.48. The Morgan fingerprint density at radius 2 is 1.61 bits per heavy atom. The number of hydrogen-bond acceptors (Lipinski definition) is 3. The highest BCUT2D eigenvalue weighted by Gasteiger charge is 2.18. The highest BCUT2D eigenvalue weighted by Crippen LogP contribution is 2.18. The van der Waals surface area contributed by atoms with Crippen molar-refractivity contribution in [1.82, 2.24) is 10.2 Å². The van der Waals surface area contributed by atoms with Gasteiger partial charge in [-0.2, -0.15) is 0 Å². The van der Waals surface area contributed by atoms with E-state index in [-0.39, 0.29) is 0 Å². The summed E-state index contributed by atoms with van der Waals surface area (Å²) in [5, 5.41) is 3.55. The molecule has 0 saturated carbocycles. The van der Waals surface area contributed by atoms with Crippen molar-refractivity contribution in [3.8, 4) is 0 Å². The highest BCUT2D eigenvalue weighted by atomic mass is 15.3. The molecule has 0 aromatic heterocycles. The number of nitrogens with one attached hydrogen (secondary N) is 1. The number of benzene rings is 1. The van der Waals surface area contributed by atoms with Crippen molar-refractivity contribution in [2.75, 3.05) is 37.6 Å². The van der Waals surface area contributed by atoms with E-state index < -0.39 is 0 Å². The van der Waals surface area contributed by atoms with Crippen LogP contribution in [-0.2, 0) is 6.54 Å². The van der Waals surface area contributed by atoms with Crippen molar-refractivity contribution >= 4 is 5.69 Å². The zero-order valence-electron chi connectivity index (χ0n) is 15.5. The quantitative estimate of drug-likeness (QED) is 0.737. The zero-order chi connectivity index (χ0) is 16.7. The average molecular weight is 318 g/mol. The van der Waals surface area contributed by atoms with Crippen molar-refractivity contribution < 1.29 is 0 Å². The normalized spacial score (nSPS) is 16.5. The number of rotatable bonds is 8. The summed E-state index contributed by atoms with van der Waals surface area (Å²) in [5.74, 6) is 0.812. The van der Waals surface area contributed by atoms with Crippen LogP contribution in [0, 0.1) is 5.92 Å². The summed E-state index contributed by atoms with van der Waals surface area (Å²) in [7, 11) is 0. The fraction of sp³-hybridized carbons (Fsp3) is 0.700. The van der Waals surface area contributed by atoms with Crippen LogP contribution in [0.4, 0.5) is 5.69 Å². The Hall–Kier alpha value is -1.06. The fourth-order valence-corrected chi connectivity index (χ4v) is 3.19. The summed E-state index contributed by atoms with van der Waals surface area (Å²) >= 11 is 0. The predicted molar refractivity (Wildman–Crippen MR) is 101 cm³/mol. The zero-order valence-corrected chi connectivity index (χ0v) is 15.5. The molecule has 0 atom stereocenters. The number of nitrogens with zero attached hydrogens (tertiary/aromatic N) is 2. The van der Waals surface area contributed by atoms with Crippen LogP contribution in [0.3, 0.4) is 0 Å². The molecule has 0 radical (unpaired) electrons. The Morgan fingerprint density at radius 3 is 2.17 bits per heavy atom. The molecule has 130 valence electrons. The first kappa shape index (κ1) is 18.3. The fourth-order valence-electron chi connectivity index (χ4n) is 3.19. The third-order valence-electron chi connectivity index (χ3n) is 4.81. The number of hydrogen-bond donors (Lipinski definition) is 1. The van der Waals surface area contributed by atoms with E-state index in [1.807, 2.05) is 0 Å². The summed E-state index contributed by atoms with van der Waals surface area (Å²) in [4.78, 5) is 5.07. The Labute approximate surface area is 143 Å². The molecule has 1 fully saturated rings. The van der Waals surface area contributed by atoms with E-state index >= 15 is 0 Å². The van der Waals surface area contributed by atoms with E-state index in [1.165, 1.54) is 37.2 Å². The predicted octanol–water partition coefficient (Wildman–Crippen LogP) is 3.74. The molecule has 1 aliphatic heterocycles. The SMILES string of the molecule is CC(C)CCCNCc1ccc(N2CCN(C(C)C)CC2)cc1. The lowest BCUT2D eigenvalue weighted by Gasteiger charge is -2.38. The molecule has 2 rings (SSSR count). The van der Waals surface area contributed by atoms with Crippen LogP contribution in [0.1, 0.15) is 46.1 Å². The molecule has 1 aromatic rings. The van der Waals surface area contributed by atoms with E-state index in [1.54, 1.807) is 0 Å². The molecule has 0 aliphatic carbocycles. The van der Waals surface area contributed by atoms with Crippen LogP contribution < -0.4 is 10.2 Å². The van der Waals surface area contributed by atoms with Gasteiger partial charge in [0, 0.05) is 44.5 Å². The summed E-state index contributed by atoms with van der Waals surface area (Å²) in [6.45, 7) is 15.9. The van der Waals surface area contributed by atoms with Crippen molar-refractivity contribution in [1.29, 1.82) is 0 Å². The molecule has 0 amide bonds. The lowest BCUT2D eigenvalue weighted by molar-refractivity contribution is 0.209. The minimum atomic E-state index is 0.668. The second-order valence-electron chi connectivity index (χ2n) is 7.50. The first-order valence-electron chi connectivity index (χ1n) is 9.35. The molecule has 0 spiro atoms. The molecular formula is C20H35N3. The van der Waals surface area contributed by atoms with Crippen LogP contribution in [0.2, 0.25) is 0 Å². The third-order valence-corrected chi connectivity index (χ3v) is 4.81. The molecule has 3 heteroatoms. The maximum Gasteiger partial charge on any atom is 0.0367 e. The van der Waals surface area contributed by atoms with Gasteiger partial charge in [0.25, 0.3) is 0 Å². The van der Waals surface area contributed by atoms with Gasteiger partial charge in [-0.3, -0.25) is 4.90 Å². The lowest BCUT2D eigenvalue weighted by Crippen LogP contribution is -2.48. The van der Waals surface area contributed by atoms with Gasteiger partial charge in [0.1, 0.15) is 0 Å². The van der Waals surface area contributed by atoms with Gasteiger partial charge in [-0.25, -0.2) is 0 Å². The van der Waals surface area contributed by atoms with Gasteiger partial charge < -0.3 is 10.2 Å². The number of piperazine rings is 1. The summed E-state index contributed by atoms with van der Waals surface area (Å²) in [5.41, 5.74) is 2.76. The first-order chi connectivity index (χ1) is 11.1. The van der Waals surface area contributed by atoms with Crippen LogP contribution in [-0.4, -0.2) is 43.7 Å². The second kappa shape index (κ2) is 9.29. The number of anilines is 1. The molecular weight excluding hydrogens is 282 g/mol. The topological polar surface area (TPSA) is 18.5 Å². The van der Waals surface area contributed by atoms with Crippen LogP contribution >= 0.6 is 0 Å². The molecule has 1 aromatic carbocycles. The molecule has 0 unspecified atom stereocenters. The minimum absolute atomic E-state index is 0.668. The Balaban J connectivity index is 1.72. The smallest absolute Gasteiger partial charge is 0.0367 e. The van der Waals surface area contributed by atoms with Gasteiger partial charge in [-0.15, -0.1) is 0 Å². The third kappa shape index (κ3) is 6.15. The Morgan fingerprint density at radius 1 is 0.957 bits per heavy atom. The van der Waals surface area contributed by atoms with Crippen LogP contribution in [0.25, 0.3) is 0 Å². The molecule has 1 aliphatic rings. The van der Waals surface area contributed by atoms with Crippen molar-refractivity contribution in [3.63, 3.8) is 0 Å². The van der Waals surface area contributed by atoms with E-state index in [2.05, 4.69) is 67.1 Å². The van der Waals surface area contributed by atoms with Crippen molar-refractivity contribution in [3.05, 3.63) is 29.8 Å². The van der Waals surface area contributed by atoms with Gasteiger partial charge >= 0.3 is 0 Å². The van der Waals surface area contributed by atoms with Gasteiger partial charge in [0.05, 0.1) is 0 Å². The van der Waals surface area contributed by atoms with Crippen molar-refractivity contribution in [2.45, 2.75) is 53.1 Å². The first-order valence-corrected chi connectivity index (χ1v) is 9.35. The van der Waals surface area contributed by atoms with E-state index in [4.69, 9.17) is 0 Å². The van der Waals surface area contributed by atoms with Crippen molar-refractivity contribution in [2.24, 2.45) is 5.92 Å². The molecule has 0 bridgehead atoms. The summed E-state index contributed by atoms with van der Waals surface area (Å²) < 4.78 is 0. The molecule has 1 saturated heterocycles. The van der Waals surface area contributed by atoms with E-state index in [0.29, 0.717) is 6.04 Å². The maximum atomic E-state index is 3.55. The van der Waals surface area contributed by atoms with Gasteiger partial charge in [-0.1, -0.05) is 26.0 Å². The van der Waals surface area contributed by atoms with E-state index in [9.17, 15) is 0 Å². The molecule has 1 heterocycles. The van der Waals surface area contributed by atoms with Gasteiger partial charge in [-0.05, 0) is 56.8 Å². The average Bonchev–Trinajstić information content (AvgIpc) is 2.55. The maximum absolute atomic E-state index is 3.55. The van der Waals surface area contributed by atoms with Crippen LogP contribution in [0.15, 0.2) is 24.3 Å². The molecule has 23 heavy (non-hydrogen) atoms. The second-order valence-corrected chi connectivity index (χ2v) is 7.50. The van der Waals surface area contributed by atoms with E-state index in [0.717, 1.165) is 32.1 Å². The largest absolute Gasteiger partial charge is 0.369 e. The molecule has 3 nitrogen and oxygen atoms in total. The minimum Gasteiger partial charge on any atom is -0.369 e. The monoisotopic (exact) mass is 317 g/mol.